The molecule has 0 heterocycles. The van der Waals surface area contributed by atoms with Crippen LogP contribution >= 0.6 is 0 Å². The van der Waals surface area contributed by atoms with Crippen LogP contribution in [-0.4, -0.2) is 80.8 Å². The van der Waals surface area contributed by atoms with Crippen LogP contribution in [0.25, 0.3) is 0 Å². The van der Waals surface area contributed by atoms with Crippen LogP contribution in [0.4, 0.5) is 0 Å². The molecule has 0 bridgehead atoms. The molecule has 0 fully saturated rings. The Balaban J connectivity index is 0. The van der Waals surface area contributed by atoms with Gasteiger partial charge >= 0.3 is 57.4 Å². The van der Waals surface area contributed by atoms with Crippen LogP contribution in [0.2, 0.25) is 0 Å². The molecule has 0 aromatic heterocycles. The number of hydrogen-bond acceptors (Lipinski definition) is 3. The fraction of sp³-hybridized carbons (Fsp3) is 0.667. The number of aliphatic hydroxyl groups is 1. The maximum atomic E-state index is 9.58. The van der Waals surface area contributed by atoms with Crippen LogP contribution < -0.4 is 5.32 Å². The summed E-state index contributed by atoms with van der Waals surface area (Å²) in [5.41, 5.74) is 0. The Bertz CT molecular complexity index is 67.5. The molecular formula is C3H8KNO3. The first-order valence-corrected chi connectivity index (χ1v) is 1.80. The van der Waals surface area contributed by atoms with Gasteiger partial charge in [-0.25, -0.2) is 0 Å². The van der Waals surface area contributed by atoms with E-state index in [0.717, 1.165) is 0 Å². The van der Waals surface area contributed by atoms with Crippen molar-refractivity contribution in [2.75, 3.05) is 13.3 Å². The summed E-state index contributed by atoms with van der Waals surface area (Å²) in [5, 5.41) is 18.0. The van der Waals surface area contributed by atoms with Gasteiger partial charge in [0.1, 0.15) is 0 Å². The Morgan fingerprint density at radius 3 is 2.25 bits per heavy atom. The van der Waals surface area contributed by atoms with Crippen molar-refractivity contribution in [3.05, 3.63) is 0 Å². The van der Waals surface area contributed by atoms with Gasteiger partial charge in [-0.3, -0.25) is 10.1 Å². The van der Waals surface area contributed by atoms with Crippen molar-refractivity contribution in [1.29, 1.82) is 0 Å². The number of aliphatic carboxylic acids is 1. The van der Waals surface area contributed by atoms with Gasteiger partial charge < -0.3 is 10.2 Å². The van der Waals surface area contributed by atoms with E-state index in [1.54, 1.807) is 0 Å². The van der Waals surface area contributed by atoms with Gasteiger partial charge in [0.25, 0.3) is 0 Å². The standard InChI is InChI=1S/C3H7NO3.K.H/c5-2-4-1-3(6)7;;/h4-5H,1-2H2,(H,6,7);;. The number of carboxylic acid groups (broad SMARTS) is 1. The Hall–Kier alpha value is 1.03. The van der Waals surface area contributed by atoms with Gasteiger partial charge in [0.15, 0.2) is 0 Å². The summed E-state index contributed by atoms with van der Waals surface area (Å²) in [6, 6.07) is 0. The third-order valence-electron chi connectivity index (χ3n) is 0.388. The molecule has 5 heteroatoms. The molecule has 0 aliphatic heterocycles. The first-order chi connectivity index (χ1) is 3.27. The Morgan fingerprint density at radius 2 is 2.12 bits per heavy atom. The molecule has 0 unspecified atom stereocenters. The van der Waals surface area contributed by atoms with E-state index in [-0.39, 0.29) is 64.7 Å². The zero-order chi connectivity index (χ0) is 5.70. The van der Waals surface area contributed by atoms with Gasteiger partial charge in [0.05, 0.1) is 13.3 Å². The second-order valence-corrected chi connectivity index (χ2v) is 0.979. The van der Waals surface area contributed by atoms with E-state index in [1.807, 2.05) is 0 Å². The van der Waals surface area contributed by atoms with E-state index >= 15 is 0 Å². The second kappa shape index (κ2) is 8.03. The quantitative estimate of drug-likeness (QED) is 0.316. The SMILES string of the molecule is O=C(O)CNCO.[KH]. The first-order valence-electron chi connectivity index (χ1n) is 1.80. The van der Waals surface area contributed by atoms with E-state index in [4.69, 9.17) is 10.2 Å². The molecule has 0 rings (SSSR count). The van der Waals surface area contributed by atoms with Gasteiger partial charge in [-0.15, -0.1) is 0 Å². The average molecular weight is 145 g/mol. The summed E-state index contributed by atoms with van der Waals surface area (Å²) in [4.78, 5) is 9.58. The zero-order valence-corrected chi connectivity index (χ0v) is 3.72. The molecule has 0 aliphatic rings. The topological polar surface area (TPSA) is 69.6 Å². The molecule has 0 radical (unpaired) electrons. The van der Waals surface area contributed by atoms with E-state index in [1.165, 1.54) is 0 Å². The zero-order valence-electron chi connectivity index (χ0n) is 3.72. The molecule has 3 N–H and O–H groups in total. The molecule has 4 nitrogen and oxygen atoms in total. The monoisotopic (exact) mass is 145 g/mol. The van der Waals surface area contributed by atoms with Gasteiger partial charge in [-0.1, -0.05) is 0 Å². The second-order valence-electron chi connectivity index (χ2n) is 0.979. The Morgan fingerprint density at radius 1 is 1.62 bits per heavy atom. The minimum atomic E-state index is -0.964. The van der Waals surface area contributed by atoms with Gasteiger partial charge in [0, 0.05) is 0 Å². The van der Waals surface area contributed by atoms with Crippen LogP contribution in [0.3, 0.4) is 0 Å². The van der Waals surface area contributed by atoms with E-state index in [2.05, 4.69) is 5.32 Å². The first kappa shape index (κ1) is 11.8. The Labute approximate surface area is 89.7 Å². The van der Waals surface area contributed by atoms with Crippen LogP contribution in [-0.2, 0) is 4.79 Å². The summed E-state index contributed by atoms with van der Waals surface area (Å²) < 4.78 is 0. The van der Waals surface area contributed by atoms with Gasteiger partial charge in [-0.05, 0) is 0 Å². The van der Waals surface area contributed by atoms with Crippen molar-refractivity contribution < 1.29 is 15.0 Å². The summed E-state index contributed by atoms with van der Waals surface area (Å²) in [6.45, 7) is -0.469. The summed E-state index contributed by atoms with van der Waals surface area (Å²) in [6.07, 6.45) is 0. The Kier molecular flexibility index (Phi) is 11.8. The fourth-order valence-corrected chi connectivity index (χ4v) is 0.163. The normalized spacial score (nSPS) is 7.62. The fourth-order valence-electron chi connectivity index (χ4n) is 0.163. The maximum absolute atomic E-state index is 9.58. The molecule has 44 valence electrons. The number of carboxylic acids is 1. The number of aliphatic hydroxyl groups excluding tert-OH is 1. The van der Waals surface area contributed by atoms with Crippen molar-refractivity contribution in [2.24, 2.45) is 0 Å². The minimum absolute atomic E-state index is 0. The van der Waals surface area contributed by atoms with Gasteiger partial charge in [0.2, 0.25) is 0 Å². The van der Waals surface area contributed by atoms with E-state index in [0.29, 0.717) is 0 Å². The number of hydrogen-bond donors (Lipinski definition) is 3. The third kappa shape index (κ3) is 10.1. The third-order valence-corrected chi connectivity index (χ3v) is 0.388. The molecule has 0 spiro atoms. The predicted molar refractivity (Wildman–Crippen MR) is 29.9 cm³/mol. The average Bonchev–Trinajstić information content (AvgIpc) is 1.61. The van der Waals surface area contributed by atoms with Crippen molar-refractivity contribution in [2.45, 2.75) is 0 Å². The van der Waals surface area contributed by atoms with E-state index < -0.39 is 5.97 Å². The summed E-state index contributed by atoms with van der Waals surface area (Å²) in [5.74, 6) is -0.964. The van der Waals surface area contributed by atoms with Crippen LogP contribution in [0, 0.1) is 0 Å². The van der Waals surface area contributed by atoms with Crippen LogP contribution in [0.1, 0.15) is 0 Å². The molecule has 0 aliphatic carbocycles. The molecular weight excluding hydrogens is 137 g/mol. The number of rotatable bonds is 3. The molecule has 0 atom stereocenters. The molecule has 0 saturated heterocycles. The van der Waals surface area contributed by atoms with Crippen molar-refractivity contribution in [1.82, 2.24) is 5.32 Å². The molecule has 8 heavy (non-hydrogen) atoms. The predicted octanol–water partition coefficient (Wildman–Crippen LogP) is -2.04. The van der Waals surface area contributed by atoms with Crippen molar-refractivity contribution >= 4 is 57.4 Å². The molecule has 0 aromatic rings. The molecule has 0 amide bonds. The van der Waals surface area contributed by atoms with Crippen LogP contribution in [0.5, 0.6) is 0 Å². The molecule has 0 aromatic carbocycles. The summed E-state index contributed by atoms with van der Waals surface area (Å²) >= 11 is 0. The van der Waals surface area contributed by atoms with Crippen molar-refractivity contribution in [3.8, 4) is 0 Å². The van der Waals surface area contributed by atoms with Crippen LogP contribution in [0.15, 0.2) is 0 Å². The number of nitrogens with one attached hydrogen (secondary N) is 1. The van der Waals surface area contributed by atoms with Gasteiger partial charge in [-0.2, -0.15) is 0 Å². The van der Waals surface area contributed by atoms with E-state index in [9.17, 15) is 4.79 Å². The summed E-state index contributed by atoms with van der Waals surface area (Å²) in [7, 11) is 0. The van der Waals surface area contributed by atoms with Crippen molar-refractivity contribution in [3.63, 3.8) is 0 Å². The number of carbonyl (C=O) groups is 1. The molecule has 0 saturated carbocycles.